The maximum absolute atomic E-state index is 12.8. The zero-order valence-corrected chi connectivity index (χ0v) is 16.3. The lowest BCUT2D eigenvalue weighted by Gasteiger charge is -2.55. The van der Waals surface area contributed by atoms with E-state index in [1.165, 1.54) is 11.1 Å². The summed E-state index contributed by atoms with van der Waals surface area (Å²) in [5.74, 6) is 0.458. The Kier molecular flexibility index (Phi) is 4.74. The molecule has 0 saturated heterocycles. The van der Waals surface area contributed by atoms with Crippen LogP contribution in [0.1, 0.15) is 89.0 Å². The van der Waals surface area contributed by atoms with Gasteiger partial charge in [-0.25, -0.2) is 0 Å². The van der Waals surface area contributed by atoms with E-state index < -0.39 is 11.5 Å². The van der Waals surface area contributed by atoms with E-state index in [2.05, 4.69) is 39.0 Å². The SMILES string of the molecule is CCOC(=O)C1(C)CCCC2(C)c3ccc(C(C)C)cc3C(O)CC12. The lowest BCUT2D eigenvalue weighted by Crippen LogP contribution is -2.53. The second-order valence-electron chi connectivity index (χ2n) is 8.71. The first-order valence-electron chi connectivity index (χ1n) is 9.73. The summed E-state index contributed by atoms with van der Waals surface area (Å²) in [6.45, 7) is 11.0. The van der Waals surface area contributed by atoms with Crippen LogP contribution in [0.15, 0.2) is 18.2 Å². The first-order valence-corrected chi connectivity index (χ1v) is 9.73. The zero-order chi connectivity index (χ0) is 18.4. The Morgan fingerprint density at radius 3 is 2.68 bits per heavy atom. The third kappa shape index (κ3) is 2.81. The lowest BCUT2D eigenvalue weighted by molar-refractivity contribution is -0.165. The number of carbonyl (C=O) groups excluding carboxylic acids is 1. The van der Waals surface area contributed by atoms with Gasteiger partial charge in [-0.2, -0.15) is 0 Å². The minimum absolute atomic E-state index is 0.0795. The number of benzene rings is 1. The van der Waals surface area contributed by atoms with Gasteiger partial charge in [0.1, 0.15) is 0 Å². The van der Waals surface area contributed by atoms with Crippen molar-refractivity contribution >= 4 is 5.97 Å². The number of rotatable bonds is 3. The molecule has 4 unspecified atom stereocenters. The van der Waals surface area contributed by atoms with Gasteiger partial charge >= 0.3 is 5.97 Å². The molecule has 0 spiro atoms. The molecule has 1 aromatic rings. The molecule has 0 heterocycles. The number of esters is 1. The van der Waals surface area contributed by atoms with Crippen LogP contribution >= 0.6 is 0 Å². The largest absolute Gasteiger partial charge is 0.466 e. The third-order valence-corrected chi connectivity index (χ3v) is 6.85. The molecule has 3 nitrogen and oxygen atoms in total. The van der Waals surface area contributed by atoms with Crippen LogP contribution in [-0.2, 0) is 14.9 Å². The van der Waals surface area contributed by atoms with E-state index in [0.717, 1.165) is 24.8 Å². The van der Waals surface area contributed by atoms with Gasteiger partial charge in [0.25, 0.3) is 0 Å². The predicted octanol–water partition coefficient (Wildman–Crippen LogP) is 4.87. The van der Waals surface area contributed by atoms with Gasteiger partial charge in [-0.3, -0.25) is 4.79 Å². The molecule has 3 rings (SSSR count). The summed E-state index contributed by atoms with van der Waals surface area (Å²) in [4.78, 5) is 12.8. The van der Waals surface area contributed by atoms with E-state index in [0.29, 0.717) is 18.9 Å². The van der Waals surface area contributed by atoms with Gasteiger partial charge in [-0.1, -0.05) is 45.4 Å². The second kappa shape index (κ2) is 6.42. The van der Waals surface area contributed by atoms with E-state index in [1.807, 2.05) is 13.8 Å². The molecule has 0 aliphatic heterocycles. The van der Waals surface area contributed by atoms with E-state index in [-0.39, 0.29) is 17.3 Å². The minimum atomic E-state index is -0.515. The molecule has 0 radical (unpaired) electrons. The van der Waals surface area contributed by atoms with Gasteiger partial charge in [0.05, 0.1) is 18.1 Å². The van der Waals surface area contributed by atoms with Gasteiger partial charge in [-0.05, 0) is 67.1 Å². The van der Waals surface area contributed by atoms with Crippen LogP contribution in [0.25, 0.3) is 0 Å². The van der Waals surface area contributed by atoms with Crippen molar-refractivity contribution in [1.82, 2.24) is 0 Å². The van der Waals surface area contributed by atoms with Crippen molar-refractivity contribution in [2.45, 2.75) is 77.7 Å². The molecule has 1 saturated carbocycles. The molecule has 1 N–H and O–H groups in total. The van der Waals surface area contributed by atoms with E-state index in [1.54, 1.807) is 0 Å². The van der Waals surface area contributed by atoms with Crippen LogP contribution in [0, 0.1) is 11.3 Å². The molecule has 2 aliphatic carbocycles. The van der Waals surface area contributed by atoms with E-state index in [4.69, 9.17) is 4.74 Å². The number of ether oxygens (including phenoxy) is 1. The summed E-state index contributed by atoms with van der Waals surface area (Å²) in [6.07, 6.45) is 3.06. The van der Waals surface area contributed by atoms with Crippen molar-refractivity contribution in [3.63, 3.8) is 0 Å². The number of aliphatic hydroxyl groups excluding tert-OH is 1. The van der Waals surface area contributed by atoms with Crippen molar-refractivity contribution in [3.05, 3.63) is 34.9 Å². The Morgan fingerprint density at radius 2 is 2.04 bits per heavy atom. The fraction of sp³-hybridized carbons (Fsp3) is 0.682. The lowest BCUT2D eigenvalue weighted by atomic mass is 9.49. The van der Waals surface area contributed by atoms with Crippen LogP contribution in [-0.4, -0.2) is 17.7 Å². The third-order valence-electron chi connectivity index (χ3n) is 6.85. The summed E-state index contributed by atoms with van der Waals surface area (Å²) in [5.41, 5.74) is 2.97. The smallest absolute Gasteiger partial charge is 0.312 e. The summed E-state index contributed by atoms with van der Waals surface area (Å²) >= 11 is 0. The number of aliphatic hydroxyl groups is 1. The Hall–Kier alpha value is -1.35. The van der Waals surface area contributed by atoms with Crippen molar-refractivity contribution in [1.29, 1.82) is 0 Å². The molecule has 1 fully saturated rings. The molecule has 4 atom stereocenters. The summed E-state index contributed by atoms with van der Waals surface area (Å²) in [5, 5.41) is 10.9. The maximum Gasteiger partial charge on any atom is 0.312 e. The number of hydrogen-bond acceptors (Lipinski definition) is 3. The van der Waals surface area contributed by atoms with Gasteiger partial charge in [0, 0.05) is 0 Å². The fourth-order valence-electron chi connectivity index (χ4n) is 5.34. The first kappa shape index (κ1) is 18.4. The van der Waals surface area contributed by atoms with Gasteiger partial charge in [0.15, 0.2) is 0 Å². The monoisotopic (exact) mass is 344 g/mol. The topological polar surface area (TPSA) is 46.5 Å². The fourth-order valence-corrected chi connectivity index (χ4v) is 5.34. The number of carbonyl (C=O) groups is 1. The Bertz CT molecular complexity index is 665. The van der Waals surface area contributed by atoms with Crippen LogP contribution < -0.4 is 0 Å². The second-order valence-corrected chi connectivity index (χ2v) is 8.71. The van der Waals surface area contributed by atoms with E-state index >= 15 is 0 Å². The molecule has 0 aromatic heterocycles. The van der Waals surface area contributed by atoms with Crippen LogP contribution in [0.3, 0.4) is 0 Å². The maximum atomic E-state index is 12.8. The van der Waals surface area contributed by atoms with Crippen LogP contribution in [0.2, 0.25) is 0 Å². The zero-order valence-electron chi connectivity index (χ0n) is 16.3. The van der Waals surface area contributed by atoms with Crippen LogP contribution in [0.4, 0.5) is 0 Å². The van der Waals surface area contributed by atoms with Crippen molar-refractivity contribution < 1.29 is 14.6 Å². The molecular formula is C22H32O3. The first-order chi connectivity index (χ1) is 11.7. The highest BCUT2D eigenvalue weighted by molar-refractivity contribution is 5.77. The molecule has 2 aliphatic rings. The van der Waals surface area contributed by atoms with Gasteiger partial charge in [-0.15, -0.1) is 0 Å². The quantitative estimate of drug-likeness (QED) is 0.795. The molecule has 3 heteroatoms. The predicted molar refractivity (Wildman–Crippen MR) is 99.5 cm³/mol. The molecule has 138 valence electrons. The molecule has 0 amide bonds. The summed E-state index contributed by atoms with van der Waals surface area (Å²) < 4.78 is 5.43. The Labute approximate surface area is 151 Å². The molecule has 0 bridgehead atoms. The molecule has 1 aromatic carbocycles. The standard InChI is InChI=1S/C22H32O3/c1-6-25-20(24)22(5)11-7-10-21(4)17-9-8-15(14(2)3)12-16(17)18(23)13-19(21)22/h8-9,12,14,18-19,23H,6-7,10-11,13H2,1-5H3. The Morgan fingerprint density at radius 1 is 1.32 bits per heavy atom. The number of hydrogen-bond donors (Lipinski definition) is 1. The minimum Gasteiger partial charge on any atom is -0.466 e. The average molecular weight is 344 g/mol. The van der Waals surface area contributed by atoms with Crippen molar-refractivity contribution in [2.75, 3.05) is 6.61 Å². The highest BCUT2D eigenvalue weighted by atomic mass is 16.5. The summed E-state index contributed by atoms with van der Waals surface area (Å²) in [7, 11) is 0. The average Bonchev–Trinajstić information content (AvgIpc) is 2.57. The normalized spacial score (nSPS) is 34.4. The van der Waals surface area contributed by atoms with Gasteiger partial charge in [0.2, 0.25) is 0 Å². The number of fused-ring (bicyclic) bond motifs is 3. The summed E-state index contributed by atoms with van der Waals surface area (Å²) in [6, 6.07) is 6.58. The highest BCUT2D eigenvalue weighted by Crippen LogP contribution is 2.59. The van der Waals surface area contributed by atoms with Crippen LogP contribution in [0.5, 0.6) is 0 Å². The van der Waals surface area contributed by atoms with Gasteiger partial charge < -0.3 is 9.84 Å². The molecule has 25 heavy (non-hydrogen) atoms. The Balaban J connectivity index is 2.08. The highest BCUT2D eigenvalue weighted by Gasteiger charge is 2.57. The van der Waals surface area contributed by atoms with E-state index in [9.17, 15) is 9.90 Å². The molecular weight excluding hydrogens is 312 g/mol. The van der Waals surface area contributed by atoms with Crippen molar-refractivity contribution in [2.24, 2.45) is 11.3 Å². The van der Waals surface area contributed by atoms with Crippen molar-refractivity contribution in [3.8, 4) is 0 Å².